The van der Waals surface area contributed by atoms with E-state index in [1.165, 1.54) is 22.0 Å². The van der Waals surface area contributed by atoms with Gasteiger partial charge in [0.15, 0.2) is 11.9 Å². The van der Waals surface area contributed by atoms with E-state index in [4.69, 9.17) is 9.47 Å². The Balaban J connectivity index is 1.41. The quantitative estimate of drug-likeness (QED) is 0.802. The van der Waals surface area contributed by atoms with Crippen LogP contribution in [0.4, 0.5) is 5.13 Å². The van der Waals surface area contributed by atoms with Gasteiger partial charge in [-0.05, 0) is 23.4 Å². The molecule has 0 N–H and O–H groups in total. The van der Waals surface area contributed by atoms with Gasteiger partial charge in [-0.3, -0.25) is 4.79 Å². The van der Waals surface area contributed by atoms with E-state index in [1.807, 2.05) is 4.90 Å². The fourth-order valence-electron chi connectivity index (χ4n) is 3.17. The van der Waals surface area contributed by atoms with Crippen molar-refractivity contribution in [3.05, 3.63) is 27.7 Å². The van der Waals surface area contributed by atoms with Crippen molar-refractivity contribution in [3.8, 4) is 0 Å². The molecule has 1 fully saturated rings. The zero-order chi connectivity index (χ0) is 17.2. The molecule has 0 aromatic carbocycles. The Hall–Kier alpha value is -1.55. The molecule has 2 aliphatic heterocycles. The molecular formula is C16H20N4O3S2. The zero-order valence-electron chi connectivity index (χ0n) is 14.0. The Labute approximate surface area is 154 Å². The van der Waals surface area contributed by atoms with Crippen LogP contribution in [0, 0.1) is 0 Å². The molecule has 25 heavy (non-hydrogen) atoms. The van der Waals surface area contributed by atoms with Crippen molar-refractivity contribution in [2.75, 3.05) is 38.3 Å². The summed E-state index contributed by atoms with van der Waals surface area (Å²) < 4.78 is 15.1. The van der Waals surface area contributed by atoms with Gasteiger partial charge in [0.2, 0.25) is 5.13 Å². The van der Waals surface area contributed by atoms with E-state index in [1.54, 1.807) is 18.4 Å². The summed E-state index contributed by atoms with van der Waals surface area (Å²) in [6, 6.07) is 2.12. The van der Waals surface area contributed by atoms with Gasteiger partial charge in [-0.1, -0.05) is 0 Å². The number of fused-ring (bicyclic) bond motifs is 1. The molecule has 4 heterocycles. The molecule has 1 saturated heterocycles. The lowest BCUT2D eigenvalue weighted by Gasteiger charge is -2.35. The molecule has 0 saturated carbocycles. The molecule has 4 rings (SSSR count). The van der Waals surface area contributed by atoms with Crippen molar-refractivity contribution >= 4 is 33.9 Å². The Bertz CT molecular complexity index is 747. The van der Waals surface area contributed by atoms with Gasteiger partial charge in [-0.25, -0.2) is 4.98 Å². The average Bonchev–Trinajstić information content (AvgIpc) is 3.30. The number of thiophene rings is 1. The second-order valence-electron chi connectivity index (χ2n) is 6.11. The summed E-state index contributed by atoms with van der Waals surface area (Å²) in [6.45, 7) is 3.62. The lowest BCUT2D eigenvalue weighted by atomic mass is 10.1. The van der Waals surface area contributed by atoms with Crippen molar-refractivity contribution in [3.63, 3.8) is 0 Å². The van der Waals surface area contributed by atoms with Gasteiger partial charge < -0.3 is 19.3 Å². The average molecular weight is 380 g/mol. The molecule has 1 unspecified atom stereocenters. The van der Waals surface area contributed by atoms with Crippen LogP contribution in [0.2, 0.25) is 0 Å². The van der Waals surface area contributed by atoms with Gasteiger partial charge >= 0.3 is 0 Å². The molecule has 1 amide bonds. The zero-order valence-corrected chi connectivity index (χ0v) is 15.6. The van der Waals surface area contributed by atoms with E-state index in [-0.39, 0.29) is 5.91 Å². The normalized spacial score (nSPS) is 20.6. The third-order valence-corrected chi connectivity index (χ3v) is 6.30. The highest BCUT2D eigenvalue weighted by molar-refractivity contribution is 7.10. The van der Waals surface area contributed by atoms with E-state index in [0.29, 0.717) is 32.1 Å². The highest BCUT2D eigenvalue weighted by Crippen LogP contribution is 2.26. The van der Waals surface area contributed by atoms with Crippen LogP contribution < -0.4 is 4.90 Å². The Morgan fingerprint density at radius 2 is 2.40 bits per heavy atom. The first-order valence-electron chi connectivity index (χ1n) is 8.26. The number of nitrogens with zero attached hydrogens (tertiary/aromatic N) is 4. The maximum Gasteiger partial charge on any atom is 0.253 e. The van der Waals surface area contributed by atoms with E-state index in [2.05, 4.69) is 25.7 Å². The van der Waals surface area contributed by atoms with E-state index >= 15 is 0 Å². The molecule has 9 heteroatoms. The van der Waals surface area contributed by atoms with Gasteiger partial charge in [-0.2, -0.15) is 4.37 Å². The van der Waals surface area contributed by atoms with E-state index in [9.17, 15) is 4.79 Å². The minimum absolute atomic E-state index is 0.0724. The Morgan fingerprint density at radius 3 is 3.28 bits per heavy atom. The number of carbonyl (C=O) groups excluding carboxylic acids is 1. The Morgan fingerprint density at radius 1 is 1.48 bits per heavy atom. The predicted octanol–water partition coefficient (Wildman–Crippen LogP) is 1.54. The minimum atomic E-state index is -0.441. The molecule has 7 nitrogen and oxygen atoms in total. The fraction of sp³-hybridized carbons (Fsp3) is 0.562. The molecule has 0 spiro atoms. The molecule has 0 aliphatic carbocycles. The minimum Gasteiger partial charge on any atom is -0.377 e. The van der Waals surface area contributed by atoms with Gasteiger partial charge in [-0.15, -0.1) is 11.3 Å². The molecule has 1 atom stereocenters. The summed E-state index contributed by atoms with van der Waals surface area (Å²) in [5, 5.41) is 2.93. The van der Waals surface area contributed by atoms with E-state index in [0.717, 1.165) is 24.6 Å². The van der Waals surface area contributed by atoms with Crippen molar-refractivity contribution in [2.24, 2.45) is 0 Å². The number of hydrogen-bond donors (Lipinski definition) is 0. The first-order valence-corrected chi connectivity index (χ1v) is 9.92. The van der Waals surface area contributed by atoms with Crippen LogP contribution in [0.1, 0.15) is 16.3 Å². The van der Waals surface area contributed by atoms with Crippen molar-refractivity contribution in [1.82, 2.24) is 14.3 Å². The lowest BCUT2D eigenvalue weighted by molar-refractivity contribution is -0.145. The van der Waals surface area contributed by atoms with Crippen LogP contribution in [0.15, 0.2) is 11.4 Å². The number of aromatic nitrogens is 2. The van der Waals surface area contributed by atoms with Crippen molar-refractivity contribution in [2.45, 2.75) is 25.7 Å². The largest absolute Gasteiger partial charge is 0.377 e. The number of carbonyl (C=O) groups is 1. The summed E-state index contributed by atoms with van der Waals surface area (Å²) in [5.41, 5.74) is 1.27. The summed E-state index contributed by atoms with van der Waals surface area (Å²) in [4.78, 5) is 22.8. The summed E-state index contributed by atoms with van der Waals surface area (Å²) >= 11 is 3.12. The fourth-order valence-corrected chi connectivity index (χ4v) is 4.77. The van der Waals surface area contributed by atoms with Crippen LogP contribution in [0.25, 0.3) is 0 Å². The maximum absolute atomic E-state index is 12.9. The number of hydrogen-bond acceptors (Lipinski definition) is 8. The van der Waals surface area contributed by atoms with Crippen LogP contribution in [-0.4, -0.2) is 59.6 Å². The molecular weight excluding hydrogens is 360 g/mol. The number of rotatable bonds is 4. The van der Waals surface area contributed by atoms with Crippen LogP contribution in [0.5, 0.6) is 0 Å². The molecule has 2 aromatic heterocycles. The van der Waals surface area contributed by atoms with Gasteiger partial charge in [0.25, 0.3) is 5.91 Å². The van der Waals surface area contributed by atoms with Crippen molar-refractivity contribution in [1.29, 1.82) is 0 Å². The predicted molar refractivity (Wildman–Crippen MR) is 96.0 cm³/mol. The summed E-state index contributed by atoms with van der Waals surface area (Å²) in [7, 11) is 1.63. The molecule has 0 bridgehead atoms. The Kier molecular flexibility index (Phi) is 4.98. The number of morpholine rings is 1. The van der Waals surface area contributed by atoms with Crippen LogP contribution in [-0.2, 0) is 33.8 Å². The third kappa shape index (κ3) is 3.55. The molecule has 0 radical (unpaired) electrons. The number of amides is 1. The second-order valence-corrected chi connectivity index (χ2v) is 7.84. The number of ether oxygens (including phenoxy) is 2. The smallest absolute Gasteiger partial charge is 0.253 e. The van der Waals surface area contributed by atoms with Gasteiger partial charge in [0, 0.05) is 43.2 Å². The number of anilines is 1. The standard InChI is InChI=1S/C16H20N4O3S2/c1-22-10-14-17-16(25-18-14)20-5-6-23-12(9-20)15(21)19-4-2-13-11(8-19)3-7-24-13/h3,7,12H,2,4-6,8-10H2,1H3. The maximum atomic E-state index is 12.9. The number of methoxy groups -OCH3 is 1. The van der Waals surface area contributed by atoms with Gasteiger partial charge in [0.1, 0.15) is 6.61 Å². The summed E-state index contributed by atoms with van der Waals surface area (Å²) in [5.74, 6) is 0.751. The van der Waals surface area contributed by atoms with Crippen LogP contribution in [0.3, 0.4) is 0 Å². The van der Waals surface area contributed by atoms with E-state index < -0.39 is 6.10 Å². The first-order chi connectivity index (χ1) is 12.2. The molecule has 2 aliphatic rings. The summed E-state index contributed by atoms with van der Waals surface area (Å²) in [6.07, 6.45) is 0.495. The van der Waals surface area contributed by atoms with Gasteiger partial charge in [0.05, 0.1) is 13.2 Å². The lowest BCUT2D eigenvalue weighted by Crippen LogP contribution is -2.52. The third-order valence-electron chi connectivity index (χ3n) is 4.46. The molecule has 2 aromatic rings. The highest BCUT2D eigenvalue weighted by atomic mass is 32.1. The second kappa shape index (κ2) is 7.36. The SMILES string of the molecule is COCc1nsc(N2CCOC(C(=O)N3CCc4sccc4C3)C2)n1. The topological polar surface area (TPSA) is 67.8 Å². The van der Waals surface area contributed by atoms with Crippen LogP contribution >= 0.6 is 22.9 Å². The highest BCUT2D eigenvalue weighted by Gasteiger charge is 2.33. The molecule has 134 valence electrons. The van der Waals surface area contributed by atoms with Crippen molar-refractivity contribution < 1.29 is 14.3 Å². The monoisotopic (exact) mass is 380 g/mol. The first kappa shape index (κ1) is 16.9.